The number of hydrogen-bond acceptors (Lipinski definition) is 0. The van der Waals surface area contributed by atoms with Crippen molar-refractivity contribution >= 4 is 28.6 Å². The maximum atomic E-state index is 3.94. The van der Waals surface area contributed by atoms with E-state index in [-0.39, 0.29) is 0 Å². The second kappa shape index (κ2) is 6.90. The Morgan fingerprint density at radius 1 is 1.38 bits per heavy atom. The molecule has 72 valence electrons. The molecule has 0 fully saturated rings. The van der Waals surface area contributed by atoms with Gasteiger partial charge in [-0.05, 0) is 22.9 Å². The lowest BCUT2D eigenvalue weighted by atomic mass is 10.2. The lowest BCUT2D eigenvalue weighted by Gasteiger charge is -1.91. The highest BCUT2D eigenvalue weighted by Gasteiger charge is 1.87. The van der Waals surface area contributed by atoms with E-state index in [0.717, 1.165) is 16.1 Å². The van der Waals surface area contributed by atoms with Gasteiger partial charge in [0.25, 0.3) is 0 Å². The minimum Gasteiger partial charge on any atom is -0.0911 e. The van der Waals surface area contributed by atoms with E-state index in [9.17, 15) is 0 Å². The summed E-state index contributed by atoms with van der Waals surface area (Å²) in [7, 11) is 0. The quantitative estimate of drug-likeness (QED) is 0.708. The third-order valence-electron chi connectivity index (χ3n) is 1.55. The Morgan fingerprint density at radius 3 is 2.46 bits per heavy atom. The van der Waals surface area contributed by atoms with Gasteiger partial charge in [0.1, 0.15) is 0 Å². The summed E-state index contributed by atoms with van der Waals surface area (Å²) in [5.41, 5.74) is 0. The minimum atomic E-state index is 1.05. The highest BCUT2D eigenvalue weighted by molar-refractivity contribution is 9.10. The highest BCUT2D eigenvalue weighted by atomic mass is 79.9. The first-order chi connectivity index (χ1) is 6.25. The van der Waals surface area contributed by atoms with Crippen LogP contribution in [0, 0.1) is 0 Å². The highest BCUT2D eigenvalue weighted by Crippen LogP contribution is 1.98. The van der Waals surface area contributed by atoms with Gasteiger partial charge in [-0.15, -0.1) is 0 Å². The molecule has 0 aromatic heterocycles. The molecule has 1 heteroatoms. The van der Waals surface area contributed by atoms with Gasteiger partial charge in [0, 0.05) is 4.47 Å². The van der Waals surface area contributed by atoms with E-state index in [1.807, 2.05) is 32.0 Å². The summed E-state index contributed by atoms with van der Waals surface area (Å²) in [6.45, 7) is 10.1. The molecule has 0 saturated carbocycles. The lowest BCUT2D eigenvalue weighted by molar-refractivity contribution is 1.28. The van der Waals surface area contributed by atoms with Gasteiger partial charge in [0.2, 0.25) is 0 Å². The summed E-state index contributed by atoms with van der Waals surface area (Å²) < 4.78 is 1.13. The fourth-order valence-corrected chi connectivity index (χ4v) is 1.58. The fraction of sp³-hybridized carbons (Fsp3) is 0.333. The Kier molecular flexibility index (Phi) is 6.61. The molecule has 0 aliphatic heterocycles. The van der Waals surface area contributed by atoms with Crippen molar-refractivity contribution in [1.29, 1.82) is 0 Å². The maximum absolute atomic E-state index is 3.94. The van der Waals surface area contributed by atoms with Gasteiger partial charge in [-0.1, -0.05) is 61.5 Å². The van der Waals surface area contributed by atoms with Crippen molar-refractivity contribution in [2.24, 2.45) is 0 Å². The van der Waals surface area contributed by atoms with Crippen LogP contribution in [0.1, 0.15) is 27.2 Å². The summed E-state index contributed by atoms with van der Waals surface area (Å²) >= 11 is 3.48. The average molecular weight is 241 g/mol. The van der Waals surface area contributed by atoms with E-state index in [4.69, 9.17) is 0 Å². The molecule has 0 nitrogen and oxygen atoms in total. The molecule has 1 rings (SSSR count). The number of hydrogen-bond donors (Lipinski definition) is 0. The van der Waals surface area contributed by atoms with Gasteiger partial charge in [0.05, 0.1) is 0 Å². The van der Waals surface area contributed by atoms with E-state index >= 15 is 0 Å². The van der Waals surface area contributed by atoms with Crippen LogP contribution in [0.15, 0.2) is 22.7 Å². The van der Waals surface area contributed by atoms with Gasteiger partial charge in [-0.25, -0.2) is 0 Å². The Labute approximate surface area is 89.1 Å². The molecule has 0 saturated heterocycles. The normalized spacial score (nSPS) is 10.6. The molecule has 1 aromatic carbocycles. The second-order valence-corrected chi connectivity index (χ2v) is 3.28. The summed E-state index contributed by atoms with van der Waals surface area (Å²) in [6, 6.07) is 6.06. The average Bonchev–Trinajstić information content (AvgIpc) is 2.15. The van der Waals surface area contributed by atoms with E-state index < -0.39 is 0 Å². The first-order valence-corrected chi connectivity index (χ1v) is 5.48. The van der Waals surface area contributed by atoms with Crippen LogP contribution in [0.4, 0.5) is 0 Å². The van der Waals surface area contributed by atoms with Crippen molar-refractivity contribution in [1.82, 2.24) is 0 Å². The smallest absolute Gasteiger partial charge is 0.0250 e. The van der Waals surface area contributed by atoms with Crippen LogP contribution in [-0.4, -0.2) is 0 Å². The SMILES string of the molecule is C=c1cccc(Br)/c1=C/CC.CC. The first-order valence-electron chi connectivity index (χ1n) is 4.69. The van der Waals surface area contributed by atoms with Gasteiger partial charge in [-0.2, -0.15) is 0 Å². The van der Waals surface area contributed by atoms with Crippen LogP contribution in [0.2, 0.25) is 0 Å². The summed E-state index contributed by atoms with van der Waals surface area (Å²) in [6.07, 6.45) is 3.22. The molecule has 0 bridgehead atoms. The van der Waals surface area contributed by atoms with Crippen LogP contribution in [0.5, 0.6) is 0 Å². The van der Waals surface area contributed by atoms with E-state index in [2.05, 4.69) is 35.5 Å². The van der Waals surface area contributed by atoms with E-state index in [0.29, 0.717) is 0 Å². The fourth-order valence-electron chi connectivity index (χ4n) is 1.01. The topological polar surface area (TPSA) is 0 Å². The third kappa shape index (κ3) is 3.77. The lowest BCUT2D eigenvalue weighted by Crippen LogP contribution is -2.23. The molecule has 1 aromatic rings. The monoisotopic (exact) mass is 240 g/mol. The van der Waals surface area contributed by atoms with Crippen molar-refractivity contribution < 1.29 is 0 Å². The van der Waals surface area contributed by atoms with Crippen molar-refractivity contribution in [3.8, 4) is 0 Å². The Morgan fingerprint density at radius 2 is 2.00 bits per heavy atom. The zero-order valence-electron chi connectivity index (χ0n) is 8.60. The van der Waals surface area contributed by atoms with Crippen molar-refractivity contribution in [3.63, 3.8) is 0 Å². The minimum absolute atomic E-state index is 1.05. The Balaban J connectivity index is 0.000000671. The van der Waals surface area contributed by atoms with Gasteiger partial charge < -0.3 is 0 Å². The number of benzene rings is 1. The molecule has 0 amide bonds. The summed E-state index contributed by atoms with van der Waals surface area (Å²) in [5, 5.41) is 2.30. The zero-order valence-corrected chi connectivity index (χ0v) is 10.2. The molecule has 0 unspecified atom stereocenters. The summed E-state index contributed by atoms with van der Waals surface area (Å²) in [4.78, 5) is 0. The largest absolute Gasteiger partial charge is 0.0911 e. The number of rotatable bonds is 1. The molecule has 0 heterocycles. The Bertz CT molecular complexity index is 339. The predicted octanol–water partition coefficient (Wildman–Crippen LogP) is 3.08. The molecule has 13 heavy (non-hydrogen) atoms. The summed E-state index contributed by atoms with van der Waals surface area (Å²) in [5.74, 6) is 0. The third-order valence-corrected chi connectivity index (χ3v) is 2.24. The standard InChI is InChI=1S/C10H11Br.C2H6/c1-3-5-9-8(2)6-4-7-10(9)11;1-2/h4-7H,2-3H2,1H3;1-2H3/b9-5+;. The van der Waals surface area contributed by atoms with Gasteiger partial charge in [0.15, 0.2) is 0 Å². The molecule has 0 spiro atoms. The number of halogens is 1. The van der Waals surface area contributed by atoms with Gasteiger partial charge >= 0.3 is 0 Å². The molecule has 0 radical (unpaired) electrons. The Hall–Kier alpha value is -0.560. The van der Waals surface area contributed by atoms with Crippen LogP contribution < -0.4 is 10.4 Å². The zero-order chi connectivity index (χ0) is 10.3. The van der Waals surface area contributed by atoms with Crippen LogP contribution in [0.25, 0.3) is 12.7 Å². The van der Waals surface area contributed by atoms with Crippen LogP contribution in [-0.2, 0) is 0 Å². The molecule has 0 atom stereocenters. The van der Waals surface area contributed by atoms with Crippen LogP contribution >= 0.6 is 15.9 Å². The van der Waals surface area contributed by atoms with Crippen LogP contribution in [0.3, 0.4) is 0 Å². The van der Waals surface area contributed by atoms with Gasteiger partial charge in [-0.3, -0.25) is 0 Å². The molecule has 0 N–H and O–H groups in total. The predicted molar refractivity (Wildman–Crippen MR) is 65.0 cm³/mol. The van der Waals surface area contributed by atoms with Crippen molar-refractivity contribution in [3.05, 3.63) is 33.1 Å². The molecular formula is C12H17Br. The van der Waals surface area contributed by atoms with E-state index in [1.165, 1.54) is 5.22 Å². The van der Waals surface area contributed by atoms with E-state index in [1.54, 1.807) is 0 Å². The maximum Gasteiger partial charge on any atom is 0.0250 e. The molecular weight excluding hydrogens is 224 g/mol. The van der Waals surface area contributed by atoms with Crippen molar-refractivity contribution in [2.75, 3.05) is 0 Å². The molecule has 0 aliphatic carbocycles. The van der Waals surface area contributed by atoms with Crippen molar-refractivity contribution in [2.45, 2.75) is 27.2 Å². The first kappa shape index (κ1) is 12.4. The second-order valence-electron chi connectivity index (χ2n) is 2.43. The molecule has 0 aliphatic rings.